The van der Waals surface area contributed by atoms with E-state index in [1.54, 1.807) is 18.2 Å². The smallest absolute Gasteiger partial charge is 0.0469 e. The Balaban J connectivity index is 3.12. The minimum Gasteiger partial charge on any atom is -0.329 e. The molecule has 4 N–H and O–H groups in total. The highest BCUT2D eigenvalue weighted by atomic mass is 35.5. The summed E-state index contributed by atoms with van der Waals surface area (Å²) >= 11 is 11.8. The number of hydrogen-bond donors (Lipinski definition) is 2. The lowest BCUT2D eigenvalue weighted by molar-refractivity contribution is 0.737. The first-order valence-electron chi connectivity index (χ1n) is 3.56. The topological polar surface area (TPSA) is 52.0 Å². The van der Waals surface area contributed by atoms with Gasteiger partial charge in [-0.25, -0.2) is 0 Å². The minimum absolute atomic E-state index is 0.286. The average Bonchev–Trinajstić information content (AvgIpc) is 2.03. The fourth-order valence-electron chi connectivity index (χ4n) is 0.983. The molecular weight excluding hydrogens is 195 g/mol. The van der Waals surface area contributed by atoms with Crippen molar-refractivity contribution in [2.24, 2.45) is 11.5 Å². The van der Waals surface area contributed by atoms with Gasteiger partial charge in [-0.2, -0.15) is 0 Å². The Morgan fingerprint density at radius 3 is 2.17 bits per heavy atom. The van der Waals surface area contributed by atoms with Crippen LogP contribution in [0.4, 0.5) is 0 Å². The zero-order valence-corrected chi connectivity index (χ0v) is 7.94. The van der Waals surface area contributed by atoms with Crippen molar-refractivity contribution >= 4 is 23.2 Å². The molecule has 0 aromatic heterocycles. The van der Waals surface area contributed by atoms with Gasteiger partial charge in [0.05, 0.1) is 0 Å². The standard InChI is InChI=1S/C8H10Cl2N2/c9-5-2-1-3-6(10)8(5)7(12)4-11/h1-3,7H,4,11-12H2/t7-/m0/s1. The highest BCUT2D eigenvalue weighted by Crippen LogP contribution is 2.28. The summed E-state index contributed by atoms with van der Waals surface area (Å²) in [5.74, 6) is 0. The predicted octanol–water partition coefficient (Wildman–Crippen LogP) is 1.95. The first-order valence-corrected chi connectivity index (χ1v) is 4.32. The number of hydrogen-bond acceptors (Lipinski definition) is 2. The van der Waals surface area contributed by atoms with Gasteiger partial charge in [0.25, 0.3) is 0 Å². The van der Waals surface area contributed by atoms with Crippen molar-refractivity contribution in [3.63, 3.8) is 0 Å². The van der Waals surface area contributed by atoms with Gasteiger partial charge in [0, 0.05) is 28.2 Å². The highest BCUT2D eigenvalue weighted by molar-refractivity contribution is 6.36. The van der Waals surface area contributed by atoms with E-state index in [1.807, 2.05) is 0 Å². The summed E-state index contributed by atoms with van der Waals surface area (Å²) in [6, 6.07) is 4.99. The van der Waals surface area contributed by atoms with E-state index in [9.17, 15) is 0 Å². The molecule has 0 radical (unpaired) electrons. The zero-order valence-electron chi connectivity index (χ0n) is 6.43. The predicted molar refractivity (Wildman–Crippen MR) is 52.4 cm³/mol. The molecule has 1 aromatic carbocycles. The third-order valence-electron chi connectivity index (χ3n) is 1.62. The van der Waals surface area contributed by atoms with E-state index in [0.717, 1.165) is 5.56 Å². The Labute approximate surface area is 81.4 Å². The van der Waals surface area contributed by atoms with E-state index in [4.69, 9.17) is 34.7 Å². The van der Waals surface area contributed by atoms with Crippen molar-refractivity contribution < 1.29 is 0 Å². The van der Waals surface area contributed by atoms with Crippen molar-refractivity contribution in [2.45, 2.75) is 6.04 Å². The van der Waals surface area contributed by atoms with Crippen molar-refractivity contribution in [1.82, 2.24) is 0 Å². The highest BCUT2D eigenvalue weighted by Gasteiger charge is 2.11. The molecule has 0 aliphatic rings. The second-order valence-corrected chi connectivity index (χ2v) is 3.29. The van der Waals surface area contributed by atoms with Gasteiger partial charge >= 0.3 is 0 Å². The summed E-state index contributed by atoms with van der Waals surface area (Å²) in [7, 11) is 0. The second kappa shape index (κ2) is 4.10. The van der Waals surface area contributed by atoms with Gasteiger partial charge in [0.1, 0.15) is 0 Å². The minimum atomic E-state index is -0.286. The lowest BCUT2D eigenvalue weighted by Gasteiger charge is -2.12. The van der Waals surface area contributed by atoms with Crippen LogP contribution in [0, 0.1) is 0 Å². The van der Waals surface area contributed by atoms with E-state index in [1.165, 1.54) is 0 Å². The molecule has 1 atom stereocenters. The Morgan fingerprint density at radius 1 is 1.25 bits per heavy atom. The Bertz CT molecular complexity index is 256. The molecule has 0 bridgehead atoms. The third kappa shape index (κ3) is 1.90. The monoisotopic (exact) mass is 204 g/mol. The van der Waals surface area contributed by atoms with E-state index in [-0.39, 0.29) is 6.04 Å². The van der Waals surface area contributed by atoms with E-state index < -0.39 is 0 Å². The molecule has 1 rings (SSSR count). The first-order chi connectivity index (χ1) is 5.66. The fourth-order valence-corrected chi connectivity index (χ4v) is 1.66. The van der Waals surface area contributed by atoms with Crippen LogP contribution < -0.4 is 11.5 Å². The summed E-state index contributed by atoms with van der Waals surface area (Å²) in [4.78, 5) is 0. The molecule has 2 nitrogen and oxygen atoms in total. The molecular formula is C8H10Cl2N2. The molecule has 66 valence electrons. The Hall–Kier alpha value is -0.280. The summed E-state index contributed by atoms with van der Waals surface area (Å²) in [5, 5.41) is 1.14. The van der Waals surface area contributed by atoms with Crippen LogP contribution in [0.1, 0.15) is 11.6 Å². The zero-order chi connectivity index (χ0) is 9.14. The van der Waals surface area contributed by atoms with Gasteiger partial charge < -0.3 is 11.5 Å². The lowest BCUT2D eigenvalue weighted by Crippen LogP contribution is -2.21. The van der Waals surface area contributed by atoms with Crippen LogP contribution in [0.15, 0.2) is 18.2 Å². The van der Waals surface area contributed by atoms with Crippen LogP contribution in [0.25, 0.3) is 0 Å². The van der Waals surface area contributed by atoms with Gasteiger partial charge in [-0.3, -0.25) is 0 Å². The first kappa shape index (κ1) is 9.81. The Kier molecular flexibility index (Phi) is 3.35. The molecule has 0 heterocycles. The second-order valence-electron chi connectivity index (χ2n) is 2.48. The number of rotatable bonds is 2. The van der Waals surface area contributed by atoms with Crippen molar-refractivity contribution in [3.8, 4) is 0 Å². The normalized spacial score (nSPS) is 13.0. The molecule has 4 heteroatoms. The van der Waals surface area contributed by atoms with Gasteiger partial charge in [-0.1, -0.05) is 29.3 Å². The lowest BCUT2D eigenvalue weighted by atomic mass is 10.1. The van der Waals surface area contributed by atoms with Crippen LogP contribution in [-0.2, 0) is 0 Å². The largest absolute Gasteiger partial charge is 0.329 e. The van der Waals surface area contributed by atoms with Crippen LogP contribution in [-0.4, -0.2) is 6.54 Å². The number of halogens is 2. The van der Waals surface area contributed by atoms with Gasteiger partial charge in [-0.15, -0.1) is 0 Å². The molecule has 0 saturated heterocycles. The fraction of sp³-hybridized carbons (Fsp3) is 0.250. The van der Waals surface area contributed by atoms with Gasteiger partial charge in [-0.05, 0) is 12.1 Å². The van der Waals surface area contributed by atoms with Crippen LogP contribution in [0.5, 0.6) is 0 Å². The summed E-state index contributed by atoms with van der Waals surface area (Å²) in [6.45, 7) is 0.337. The van der Waals surface area contributed by atoms with E-state index in [0.29, 0.717) is 16.6 Å². The van der Waals surface area contributed by atoms with Gasteiger partial charge in [0.15, 0.2) is 0 Å². The van der Waals surface area contributed by atoms with Crippen molar-refractivity contribution in [3.05, 3.63) is 33.8 Å². The molecule has 0 aliphatic carbocycles. The molecule has 0 amide bonds. The van der Waals surface area contributed by atoms with E-state index >= 15 is 0 Å². The summed E-state index contributed by atoms with van der Waals surface area (Å²) in [6.07, 6.45) is 0. The summed E-state index contributed by atoms with van der Waals surface area (Å²) in [5.41, 5.74) is 11.8. The number of nitrogens with two attached hydrogens (primary N) is 2. The summed E-state index contributed by atoms with van der Waals surface area (Å²) < 4.78 is 0. The maximum Gasteiger partial charge on any atom is 0.0469 e. The van der Waals surface area contributed by atoms with Crippen molar-refractivity contribution in [1.29, 1.82) is 0 Å². The third-order valence-corrected chi connectivity index (χ3v) is 2.28. The molecule has 12 heavy (non-hydrogen) atoms. The quantitative estimate of drug-likeness (QED) is 0.775. The van der Waals surface area contributed by atoms with Crippen LogP contribution >= 0.6 is 23.2 Å². The molecule has 1 aromatic rings. The van der Waals surface area contributed by atoms with Crippen molar-refractivity contribution in [2.75, 3.05) is 6.54 Å². The van der Waals surface area contributed by atoms with Crippen LogP contribution in [0.3, 0.4) is 0 Å². The molecule has 0 unspecified atom stereocenters. The molecule has 0 saturated carbocycles. The van der Waals surface area contributed by atoms with E-state index in [2.05, 4.69) is 0 Å². The molecule has 0 aliphatic heterocycles. The average molecular weight is 205 g/mol. The SMILES string of the molecule is NC[C@H](N)c1c(Cl)cccc1Cl. The molecule has 0 fully saturated rings. The number of benzene rings is 1. The Morgan fingerprint density at radius 2 is 1.75 bits per heavy atom. The van der Waals surface area contributed by atoms with Gasteiger partial charge in [0.2, 0.25) is 0 Å². The maximum absolute atomic E-state index is 5.88. The van der Waals surface area contributed by atoms with Crippen LogP contribution in [0.2, 0.25) is 10.0 Å². The molecule has 0 spiro atoms. The maximum atomic E-state index is 5.88.